The second-order valence-corrected chi connectivity index (χ2v) is 5.97. The number of aryl methyl sites for hydroxylation is 1. The molecule has 0 N–H and O–H groups in total. The quantitative estimate of drug-likeness (QED) is 0.619. The van der Waals surface area contributed by atoms with Gasteiger partial charge in [-0.05, 0) is 30.2 Å². The summed E-state index contributed by atoms with van der Waals surface area (Å²) in [6.07, 6.45) is 0. The van der Waals surface area contributed by atoms with Crippen molar-refractivity contribution in [1.82, 2.24) is 0 Å². The first-order valence-electron chi connectivity index (χ1n) is 6.51. The van der Waals surface area contributed by atoms with Gasteiger partial charge in [-0.3, -0.25) is 4.79 Å². The van der Waals surface area contributed by atoms with Gasteiger partial charge >= 0.3 is 0 Å². The molecule has 0 fully saturated rings. The Labute approximate surface area is 122 Å². The Bertz CT molecular complexity index is 724. The molecule has 0 saturated heterocycles. The molecule has 1 aromatic heterocycles. The van der Waals surface area contributed by atoms with Crippen LogP contribution in [-0.2, 0) is 0 Å². The van der Waals surface area contributed by atoms with E-state index < -0.39 is 0 Å². The van der Waals surface area contributed by atoms with Crippen molar-refractivity contribution in [1.29, 1.82) is 0 Å². The zero-order chi connectivity index (χ0) is 13.9. The van der Waals surface area contributed by atoms with Gasteiger partial charge in [-0.15, -0.1) is 11.3 Å². The van der Waals surface area contributed by atoms with Crippen molar-refractivity contribution < 1.29 is 4.79 Å². The number of hydrogen-bond donors (Lipinski definition) is 0. The number of benzene rings is 2. The Morgan fingerprint density at radius 3 is 2.05 bits per heavy atom. The Morgan fingerprint density at radius 2 is 1.45 bits per heavy atom. The minimum Gasteiger partial charge on any atom is -0.288 e. The predicted molar refractivity (Wildman–Crippen MR) is 84.4 cm³/mol. The van der Waals surface area contributed by atoms with Gasteiger partial charge in [-0.1, -0.05) is 54.6 Å². The van der Waals surface area contributed by atoms with E-state index in [1.807, 2.05) is 61.5 Å². The molecule has 2 heteroatoms. The fourth-order valence-corrected chi connectivity index (χ4v) is 2.97. The highest BCUT2D eigenvalue weighted by molar-refractivity contribution is 7.14. The highest BCUT2D eigenvalue weighted by atomic mass is 32.1. The van der Waals surface area contributed by atoms with E-state index in [0.29, 0.717) is 0 Å². The van der Waals surface area contributed by atoms with Crippen molar-refractivity contribution >= 4 is 17.1 Å². The maximum atomic E-state index is 12.3. The molecule has 0 aliphatic carbocycles. The summed E-state index contributed by atoms with van der Waals surface area (Å²) in [5, 5.41) is 0. The number of carbonyl (C=O) groups is 1. The Kier molecular flexibility index (Phi) is 3.48. The molecule has 0 saturated carbocycles. The molecule has 1 heterocycles. The number of thiophene rings is 1. The van der Waals surface area contributed by atoms with Gasteiger partial charge in [0.1, 0.15) is 0 Å². The van der Waals surface area contributed by atoms with Gasteiger partial charge in [0.15, 0.2) is 0 Å². The molecule has 0 atom stereocenters. The minimum absolute atomic E-state index is 0.0997. The lowest BCUT2D eigenvalue weighted by molar-refractivity contribution is 0.104. The lowest BCUT2D eigenvalue weighted by Gasteiger charge is -2.03. The first-order valence-corrected chi connectivity index (χ1v) is 7.32. The largest absolute Gasteiger partial charge is 0.288 e. The van der Waals surface area contributed by atoms with E-state index in [-0.39, 0.29) is 5.78 Å². The van der Waals surface area contributed by atoms with Crippen molar-refractivity contribution in [2.24, 2.45) is 0 Å². The van der Waals surface area contributed by atoms with Gasteiger partial charge in [0, 0.05) is 10.4 Å². The molecule has 0 radical (unpaired) electrons. The van der Waals surface area contributed by atoms with E-state index in [1.54, 1.807) is 11.3 Å². The molecular formula is C18H14OS. The molecule has 0 aliphatic rings. The van der Waals surface area contributed by atoms with Crippen molar-refractivity contribution in [3.8, 4) is 11.1 Å². The summed E-state index contributed by atoms with van der Waals surface area (Å²) in [6.45, 7) is 2.01. The van der Waals surface area contributed by atoms with Crippen molar-refractivity contribution in [2.45, 2.75) is 6.92 Å². The average Bonchev–Trinajstić information content (AvgIpc) is 2.94. The lowest BCUT2D eigenvalue weighted by atomic mass is 10.0. The van der Waals surface area contributed by atoms with E-state index in [9.17, 15) is 4.79 Å². The maximum absolute atomic E-state index is 12.3. The third kappa shape index (κ3) is 2.56. The van der Waals surface area contributed by atoms with Crippen LogP contribution in [0.25, 0.3) is 11.1 Å². The van der Waals surface area contributed by atoms with Gasteiger partial charge in [0.25, 0.3) is 0 Å². The fourth-order valence-electron chi connectivity index (χ4n) is 2.14. The van der Waals surface area contributed by atoms with Gasteiger partial charge in [0.05, 0.1) is 4.88 Å². The fraction of sp³-hybridized carbons (Fsp3) is 0.0556. The molecule has 1 nitrogen and oxygen atoms in total. The van der Waals surface area contributed by atoms with Crippen LogP contribution in [0.15, 0.2) is 66.7 Å². The standard InChI is InChI=1S/C18H14OS/c1-13-7-12-17(20-13)18(19)16-10-8-15(9-11-16)14-5-3-2-4-6-14/h2-12H,1H3. The second kappa shape index (κ2) is 5.43. The summed E-state index contributed by atoms with van der Waals surface area (Å²) in [5.74, 6) is 0.0997. The van der Waals surface area contributed by atoms with Crippen LogP contribution in [0.3, 0.4) is 0 Å². The third-order valence-corrected chi connectivity index (χ3v) is 4.22. The number of hydrogen-bond acceptors (Lipinski definition) is 2. The first-order chi connectivity index (χ1) is 9.74. The molecular weight excluding hydrogens is 264 g/mol. The average molecular weight is 278 g/mol. The summed E-state index contributed by atoms with van der Waals surface area (Å²) in [4.78, 5) is 14.3. The number of rotatable bonds is 3. The smallest absolute Gasteiger partial charge is 0.202 e. The van der Waals surface area contributed by atoms with Crippen LogP contribution in [-0.4, -0.2) is 5.78 Å². The highest BCUT2D eigenvalue weighted by Crippen LogP contribution is 2.22. The molecule has 0 amide bonds. The third-order valence-electron chi connectivity index (χ3n) is 3.22. The molecule has 0 unspecified atom stereocenters. The van der Waals surface area contributed by atoms with Crippen LogP contribution in [0.5, 0.6) is 0 Å². The van der Waals surface area contributed by atoms with E-state index in [2.05, 4.69) is 12.1 Å². The summed E-state index contributed by atoms with van der Waals surface area (Å²) >= 11 is 1.54. The predicted octanol–water partition coefficient (Wildman–Crippen LogP) is 4.95. The van der Waals surface area contributed by atoms with E-state index in [0.717, 1.165) is 20.9 Å². The van der Waals surface area contributed by atoms with Crippen LogP contribution in [0.1, 0.15) is 20.1 Å². The first kappa shape index (κ1) is 12.8. The zero-order valence-corrected chi connectivity index (χ0v) is 12.0. The van der Waals surface area contributed by atoms with E-state index >= 15 is 0 Å². The van der Waals surface area contributed by atoms with E-state index in [1.165, 1.54) is 5.56 Å². The Hall–Kier alpha value is -2.19. The maximum Gasteiger partial charge on any atom is 0.202 e. The monoisotopic (exact) mass is 278 g/mol. The van der Waals surface area contributed by atoms with Crippen molar-refractivity contribution in [3.05, 3.63) is 82.0 Å². The number of carbonyl (C=O) groups excluding carboxylic acids is 1. The lowest BCUT2D eigenvalue weighted by Crippen LogP contribution is -1.97. The van der Waals surface area contributed by atoms with Gasteiger partial charge < -0.3 is 0 Å². The van der Waals surface area contributed by atoms with Crippen LogP contribution in [0.2, 0.25) is 0 Å². The van der Waals surface area contributed by atoms with Crippen LogP contribution in [0, 0.1) is 6.92 Å². The minimum atomic E-state index is 0.0997. The highest BCUT2D eigenvalue weighted by Gasteiger charge is 2.10. The molecule has 3 aromatic rings. The molecule has 0 bridgehead atoms. The van der Waals surface area contributed by atoms with Gasteiger partial charge in [-0.25, -0.2) is 0 Å². The number of ketones is 1. The molecule has 0 spiro atoms. The molecule has 2 aromatic carbocycles. The Morgan fingerprint density at radius 1 is 0.800 bits per heavy atom. The Balaban J connectivity index is 1.88. The SMILES string of the molecule is Cc1ccc(C(=O)c2ccc(-c3ccccc3)cc2)s1. The van der Waals surface area contributed by atoms with Crippen molar-refractivity contribution in [2.75, 3.05) is 0 Å². The zero-order valence-electron chi connectivity index (χ0n) is 11.2. The summed E-state index contributed by atoms with van der Waals surface area (Å²) < 4.78 is 0. The van der Waals surface area contributed by atoms with Crippen LogP contribution < -0.4 is 0 Å². The van der Waals surface area contributed by atoms with E-state index in [4.69, 9.17) is 0 Å². The van der Waals surface area contributed by atoms with Gasteiger partial charge in [-0.2, -0.15) is 0 Å². The van der Waals surface area contributed by atoms with Crippen LogP contribution in [0.4, 0.5) is 0 Å². The topological polar surface area (TPSA) is 17.1 Å². The molecule has 98 valence electrons. The van der Waals surface area contributed by atoms with Crippen molar-refractivity contribution in [3.63, 3.8) is 0 Å². The molecule has 3 rings (SSSR count). The molecule has 0 aliphatic heterocycles. The summed E-state index contributed by atoms with van der Waals surface area (Å²) in [5.41, 5.74) is 3.04. The molecule has 20 heavy (non-hydrogen) atoms. The second-order valence-electron chi connectivity index (χ2n) is 4.68. The van der Waals surface area contributed by atoms with Crippen LogP contribution >= 0.6 is 11.3 Å². The summed E-state index contributed by atoms with van der Waals surface area (Å²) in [6, 6.07) is 21.9. The van der Waals surface area contributed by atoms with Gasteiger partial charge in [0.2, 0.25) is 5.78 Å². The normalized spacial score (nSPS) is 10.4. The summed E-state index contributed by atoms with van der Waals surface area (Å²) in [7, 11) is 0.